The summed E-state index contributed by atoms with van der Waals surface area (Å²) >= 11 is 18.0. The Balaban J connectivity index is 2.33. The first-order chi connectivity index (χ1) is 9.78. The predicted molar refractivity (Wildman–Crippen MR) is 87.9 cm³/mol. The molecule has 0 bridgehead atoms. The molecule has 1 aliphatic rings. The highest BCUT2D eigenvalue weighted by Gasteiger charge is 2.38. The summed E-state index contributed by atoms with van der Waals surface area (Å²) in [4.78, 5) is -0.000570. The van der Waals surface area contributed by atoms with Crippen LogP contribution < -0.4 is 4.72 Å². The Morgan fingerprint density at radius 1 is 1.38 bits per heavy atom. The lowest BCUT2D eigenvalue weighted by molar-refractivity contribution is 0.239. The SMILES string of the molecule is CC1CCCC(CCl)(NS(=O)(=O)c2cc(Cl)ccc2Cl)C1. The third-order valence-electron chi connectivity index (χ3n) is 3.88. The maximum absolute atomic E-state index is 12.6. The van der Waals surface area contributed by atoms with Crippen LogP contribution in [0.5, 0.6) is 0 Å². The molecule has 0 heterocycles. The van der Waals surface area contributed by atoms with E-state index in [9.17, 15) is 8.42 Å². The monoisotopic (exact) mass is 369 g/mol. The normalized spacial score (nSPS) is 26.8. The number of hydrogen-bond acceptors (Lipinski definition) is 2. The van der Waals surface area contributed by atoms with E-state index in [4.69, 9.17) is 34.8 Å². The van der Waals surface area contributed by atoms with Crippen LogP contribution in [0.4, 0.5) is 0 Å². The molecule has 0 spiro atoms. The average Bonchev–Trinajstić information content (AvgIpc) is 2.41. The van der Waals surface area contributed by atoms with E-state index >= 15 is 0 Å². The number of sulfonamides is 1. The molecule has 1 fully saturated rings. The van der Waals surface area contributed by atoms with Gasteiger partial charge in [-0.3, -0.25) is 0 Å². The molecule has 0 saturated heterocycles. The van der Waals surface area contributed by atoms with E-state index in [-0.39, 0.29) is 15.8 Å². The maximum atomic E-state index is 12.6. The van der Waals surface area contributed by atoms with Crippen molar-refractivity contribution in [1.82, 2.24) is 4.72 Å². The summed E-state index contributed by atoms with van der Waals surface area (Å²) in [5.41, 5.74) is -0.607. The number of halogens is 3. The zero-order valence-corrected chi connectivity index (χ0v) is 14.8. The van der Waals surface area contributed by atoms with Crippen molar-refractivity contribution in [3.8, 4) is 0 Å². The van der Waals surface area contributed by atoms with E-state index in [1.165, 1.54) is 12.1 Å². The molecule has 1 N–H and O–H groups in total. The van der Waals surface area contributed by atoms with Crippen LogP contribution in [-0.2, 0) is 10.0 Å². The van der Waals surface area contributed by atoms with Gasteiger partial charge in [-0.1, -0.05) is 43.0 Å². The second-order valence-electron chi connectivity index (χ2n) is 5.80. The van der Waals surface area contributed by atoms with Gasteiger partial charge in [-0.05, 0) is 37.0 Å². The summed E-state index contributed by atoms with van der Waals surface area (Å²) in [7, 11) is -3.76. The molecule has 2 unspecified atom stereocenters. The largest absolute Gasteiger partial charge is 0.242 e. The van der Waals surface area contributed by atoms with Gasteiger partial charge in [0, 0.05) is 16.4 Å². The van der Waals surface area contributed by atoms with Gasteiger partial charge in [-0.15, -0.1) is 11.6 Å². The summed E-state index contributed by atoms with van der Waals surface area (Å²) < 4.78 is 28.0. The fourth-order valence-corrected chi connectivity index (χ4v) is 5.52. The van der Waals surface area contributed by atoms with Crippen molar-refractivity contribution < 1.29 is 8.42 Å². The summed E-state index contributed by atoms with van der Waals surface area (Å²) in [5, 5.41) is 0.484. The topological polar surface area (TPSA) is 46.2 Å². The van der Waals surface area contributed by atoms with E-state index in [2.05, 4.69) is 11.6 Å². The van der Waals surface area contributed by atoms with Crippen molar-refractivity contribution in [1.29, 1.82) is 0 Å². The fourth-order valence-electron chi connectivity index (χ4n) is 2.92. The second-order valence-corrected chi connectivity index (χ2v) is 8.56. The van der Waals surface area contributed by atoms with Crippen LogP contribution in [0.1, 0.15) is 32.6 Å². The van der Waals surface area contributed by atoms with Crippen LogP contribution in [0.2, 0.25) is 10.0 Å². The molecule has 1 aromatic rings. The van der Waals surface area contributed by atoms with Crippen molar-refractivity contribution in [3.05, 3.63) is 28.2 Å². The third kappa shape index (κ3) is 4.05. The molecule has 21 heavy (non-hydrogen) atoms. The minimum Gasteiger partial charge on any atom is -0.207 e. The Morgan fingerprint density at radius 2 is 2.10 bits per heavy atom. The van der Waals surface area contributed by atoms with Gasteiger partial charge in [0.05, 0.1) is 5.02 Å². The quantitative estimate of drug-likeness (QED) is 0.795. The van der Waals surface area contributed by atoms with E-state index in [0.29, 0.717) is 10.9 Å². The van der Waals surface area contributed by atoms with Crippen LogP contribution in [0.25, 0.3) is 0 Å². The van der Waals surface area contributed by atoms with Crippen molar-refractivity contribution in [2.75, 3.05) is 5.88 Å². The molecule has 0 aromatic heterocycles. The number of benzene rings is 1. The van der Waals surface area contributed by atoms with Crippen LogP contribution >= 0.6 is 34.8 Å². The average molecular weight is 371 g/mol. The van der Waals surface area contributed by atoms with Gasteiger partial charge in [-0.25, -0.2) is 13.1 Å². The van der Waals surface area contributed by atoms with Crippen molar-refractivity contribution >= 4 is 44.8 Å². The highest BCUT2D eigenvalue weighted by atomic mass is 35.5. The second kappa shape index (κ2) is 6.63. The molecule has 1 aromatic carbocycles. The van der Waals surface area contributed by atoms with Gasteiger partial charge in [0.15, 0.2) is 0 Å². The first-order valence-corrected chi connectivity index (χ1v) is 9.60. The molecule has 0 radical (unpaired) electrons. The van der Waals surface area contributed by atoms with E-state index in [1.54, 1.807) is 6.07 Å². The Bertz CT molecular complexity index is 621. The summed E-state index contributed by atoms with van der Waals surface area (Å²) in [6.07, 6.45) is 3.52. The molecule has 2 rings (SSSR count). The van der Waals surface area contributed by atoms with Gasteiger partial charge in [0.25, 0.3) is 0 Å². The molecule has 7 heteroatoms. The van der Waals surface area contributed by atoms with E-state index < -0.39 is 15.6 Å². The number of alkyl halides is 1. The minimum atomic E-state index is -3.76. The number of rotatable bonds is 4. The molecule has 2 atom stereocenters. The van der Waals surface area contributed by atoms with Gasteiger partial charge < -0.3 is 0 Å². The molecule has 3 nitrogen and oxygen atoms in total. The van der Waals surface area contributed by atoms with Crippen molar-refractivity contribution in [2.24, 2.45) is 5.92 Å². The Labute approximate surface area is 141 Å². The highest BCUT2D eigenvalue weighted by Crippen LogP contribution is 2.35. The first-order valence-electron chi connectivity index (χ1n) is 6.83. The fraction of sp³-hybridized carbons (Fsp3) is 0.571. The smallest absolute Gasteiger partial charge is 0.207 e. The van der Waals surface area contributed by atoms with Crippen molar-refractivity contribution in [3.63, 3.8) is 0 Å². The molecule has 1 saturated carbocycles. The molecule has 118 valence electrons. The van der Waals surface area contributed by atoms with Gasteiger partial charge in [0.1, 0.15) is 4.90 Å². The highest BCUT2D eigenvalue weighted by molar-refractivity contribution is 7.89. The predicted octanol–water partition coefficient (Wildman–Crippen LogP) is 4.46. The zero-order chi connectivity index (χ0) is 15.7. The zero-order valence-electron chi connectivity index (χ0n) is 11.7. The maximum Gasteiger partial charge on any atom is 0.242 e. The summed E-state index contributed by atoms with van der Waals surface area (Å²) in [6.45, 7) is 2.11. The number of hydrogen-bond donors (Lipinski definition) is 1. The lowest BCUT2D eigenvalue weighted by atomic mass is 9.78. The first kappa shape index (κ1) is 17.4. The van der Waals surface area contributed by atoms with Crippen LogP contribution in [-0.4, -0.2) is 19.8 Å². The summed E-state index contributed by atoms with van der Waals surface area (Å²) in [6, 6.07) is 4.40. The van der Waals surface area contributed by atoms with Crippen LogP contribution in [0.3, 0.4) is 0 Å². The lowest BCUT2D eigenvalue weighted by Crippen LogP contribution is -2.52. The molecule has 0 amide bonds. The number of nitrogens with one attached hydrogen (secondary N) is 1. The minimum absolute atomic E-state index is 0.000570. The van der Waals surface area contributed by atoms with Gasteiger partial charge >= 0.3 is 0 Å². The standard InChI is InChI=1S/C14H18Cl3NO2S/c1-10-3-2-6-14(8-10,9-15)18-21(19,20)13-7-11(16)4-5-12(13)17/h4-5,7,10,18H,2-3,6,8-9H2,1H3. The third-order valence-corrected chi connectivity index (χ3v) is 6.69. The Morgan fingerprint density at radius 3 is 2.71 bits per heavy atom. The summed E-state index contributed by atoms with van der Waals surface area (Å²) in [5.74, 6) is 0.685. The molecular formula is C14H18Cl3NO2S. The van der Waals surface area contributed by atoms with Crippen LogP contribution in [0, 0.1) is 5.92 Å². The Kier molecular flexibility index (Phi) is 5.48. The van der Waals surface area contributed by atoms with Crippen molar-refractivity contribution in [2.45, 2.75) is 43.0 Å². The molecular weight excluding hydrogens is 353 g/mol. The molecule has 1 aliphatic carbocycles. The Hall–Kier alpha value is -0.000000000000000111. The van der Waals surface area contributed by atoms with E-state index in [0.717, 1.165) is 25.7 Å². The lowest BCUT2D eigenvalue weighted by Gasteiger charge is -2.39. The van der Waals surface area contributed by atoms with Gasteiger partial charge in [-0.2, -0.15) is 0 Å². The van der Waals surface area contributed by atoms with Gasteiger partial charge in [0.2, 0.25) is 10.0 Å². The van der Waals surface area contributed by atoms with Crippen LogP contribution in [0.15, 0.2) is 23.1 Å². The molecule has 0 aliphatic heterocycles. The van der Waals surface area contributed by atoms with E-state index in [1.807, 2.05) is 0 Å².